The molecule has 0 aromatic heterocycles. The highest BCUT2D eigenvalue weighted by atomic mass is 35.5. The molecule has 2 aromatic rings. The molecule has 0 radical (unpaired) electrons. The van der Waals surface area contributed by atoms with Gasteiger partial charge in [0.05, 0.1) is 6.54 Å². The summed E-state index contributed by atoms with van der Waals surface area (Å²) < 4.78 is 0. The Bertz CT molecular complexity index is 669. The monoisotopic (exact) mass is 314 g/mol. The van der Waals surface area contributed by atoms with Crippen LogP contribution >= 0.6 is 11.6 Å². The molecule has 1 amide bonds. The molecular formula is C18H19ClN2O. The van der Waals surface area contributed by atoms with E-state index in [4.69, 9.17) is 11.6 Å². The average molecular weight is 315 g/mol. The van der Waals surface area contributed by atoms with Crippen molar-refractivity contribution in [1.29, 1.82) is 0 Å². The molecule has 0 saturated heterocycles. The minimum absolute atomic E-state index is 0.00792. The molecule has 2 aromatic carbocycles. The van der Waals surface area contributed by atoms with Gasteiger partial charge in [-0.05, 0) is 48.7 Å². The average Bonchev–Trinajstić information content (AvgIpc) is 2.53. The zero-order chi connectivity index (χ0) is 15.5. The maximum atomic E-state index is 12.2. The van der Waals surface area contributed by atoms with Crippen molar-refractivity contribution >= 4 is 23.2 Å². The van der Waals surface area contributed by atoms with Gasteiger partial charge in [-0.25, -0.2) is 0 Å². The number of nitrogens with zero attached hydrogens (tertiary/aromatic N) is 1. The van der Waals surface area contributed by atoms with Crippen LogP contribution in [0.4, 0.5) is 5.69 Å². The van der Waals surface area contributed by atoms with Gasteiger partial charge in [0.1, 0.15) is 0 Å². The fourth-order valence-electron chi connectivity index (χ4n) is 2.96. The van der Waals surface area contributed by atoms with Crippen molar-refractivity contribution in [2.45, 2.75) is 19.4 Å². The van der Waals surface area contributed by atoms with E-state index in [0.29, 0.717) is 11.6 Å². The Morgan fingerprint density at radius 1 is 1.23 bits per heavy atom. The SMILES string of the molecule is CC1c2ccccc2CCN1CC(=O)Nc1ccc(Cl)cc1. The van der Waals surface area contributed by atoms with E-state index < -0.39 is 0 Å². The maximum absolute atomic E-state index is 12.2. The Kier molecular flexibility index (Phi) is 4.46. The molecule has 3 rings (SSSR count). The van der Waals surface area contributed by atoms with Crippen LogP contribution in [0.2, 0.25) is 5.02 Å². The van der Waals surface area contributed by atoms with E-state index in [-0.39, 0.29) is 11.9 Å². The van der Waals surface area contributed by atoms with E-state index >= 15 is 0 Å². The van der Waals surface area contributed by atoms with E-state index in [2.05, 4.69) is 41.4 Å². The lowest BCUT2D eigenvalue weighted by atomic mass is 9.94. The lowest BCUT2D eigenvalue weighted by Gasteiger charge is -2.34. The molecule has 0 bridgehead atoms. The summed E-state index contributed by atoms with van der Waals surface area (Å²) >= 11 is 5.85. The predicted octanol–water partition coefficient (Wildman–Crippen LogP) is 3.90. The summed E-state index contributed by atoms with van der Waals surface area (Å²) in [5.41, 5.74) is 3.50. The normalized spacial score (nSPS) is 17.8. The molecular weight excluding hydrogens is 296 g/mol. The first-order valence-corrected chi connectivity index (χ1v) is 7.88. The molecule has 1 unspecified atom stereocenters. The molecule has 0 saturated carbocycles. The quantitative estimate of drug-likeness (QED) is 0.932. The minimum atomic E-state index is 0.00792. The fourth-order valence-corrected chi connectivity index (χ4v) is 3.08. The zero-order valence-electron chi connectivity index (χ0n) is 12.6. The van der Waals surface area contributed by atoms with Crippen LogP contribution < -0.4 is 5.32 Å². The minimum Gasteiger partial charge on any atom is -0.325 e. The molecule has 1 atom stereocenters. The van der Waals surface area contributed by atoms with Crippen LogP contribution in [0.3, 0.4) is 0 Å². The number of halogens is 1. The topological polar surface area (TPSA) is 32.3 Å². The Morgan fingerprint density at radius 2 is 1.95 bits per heavy atom. The van der Waals surface area contributed by atoms with Crippen LogP contribution in [0.1, 0.15) is 24.1 Å². The van der Waals surface area contributed by atoms with Gasteiger partial charge in [-0.2, -0.15) is 0 Å². The number of carbonyl (C=O) groups excluding carboxylic acids is 1. The summed E-state index contributed by atoms with van der Waals surface area (Å²) in [5, 5.41) is 3.59. The third kappa shape index (κ3) is 3.32. The van der Waals surface area contributed by atoms with Crippen LogP contribution in [0.15, 0.2) is 48.5 Å². The largest absolute Gasteiger partial charge is 0.325 e. The van der Waals surface area contributed by atoms with Crippen molar-refractivity contribution < 1.29 is 4.79 Å². The third-order valence-corrected chi connectivity index (χ3v) is 4.45. The summed E-state index contributed by atoms with van der Waals surface area (Å²) in [6, 6.07) is 15.9. The number of anilines is 1. The van der Waals surface area contributed by atoms with Crippen molar-refractivity contribution in [1.82, 2.24) is 4.90 Å². The molecule has 0 fully saturated rings. The van der Waals surface area contributed by atoms with Crippen LogP contribution in [-0.2, 0) is 11.2 Å². The van der Waals surface area contributed by atoms with Crippen molar-refractivity contribution in [2.24, 2.45) is 0 Å². The van der Waals surface area contributed by atoms with Gasteiger partial charge >= 0.3 is 0 Å². The molecule has 1 heterocycles. The molecule has 3 nitrogen and oxygen atoms in total. The van der Waals surface area contributed by atoms with Gasteiger partial charge in [0, 0.05) is 23.3 Å². The van der Waals surface area contributed by atoms with E-state index in [9.17, 15) is 4.79 Å². The molecule has 22 heavy (non-hydrogen) atoms. The van der Waals surface area contributed by atoms with Gasteiger partial charge in [0.2, 0.25) is 5.91 Å². The number of carbonyl (C=O) groups is 1. The maximum Gasteiger partial charge on any atom is 0.238 e. The molecule has 0 spiro atoms. The predicted molar refractivity (Wildman–Crippen MR) is 90.2 cm³/mol. The van der Waals surface area contributed by atoms with E-state index in [1.54, 1.807) is 12.1 Å². The Balaban J connectivity index is 1.64. The molecule has 4 heteroatoms. The molecule has 0 aliphatic carbocycles. The lowest BCUT2D eigenvalue weighted by molar-refractivity contribution is -0.117. The number of rotatable bonds is 3. The van der Waals surface area contributed by atoms with E-state index in [1.807, 2.05) is 12.1 Å². The molecule has 1 N–H and O–H groups in total. The second-order valence-electron chi connectivity index (χ2n) is 5.65. The number of hydrogen-bond donors (Lipinski definition) is 1. The van der Waals surface area contributed by atoms with Crippen molar-refractivity contribution in [3.05, 3.63) is 64.7 Å². The first kappa shape index (κ1) is 15.1. The molecule has 1 aliphatic rings. The highest BCUT2D eigenvalue weighted by molar-refractivity contribution is 6.30. The van der Waals surface area contributed by atoms with Gasteiger partial charge in [0.15, 0.2) is 0 Å². The van der Waals surface area contributed by atoms with Crippen LogP contribution in [0.5, 0.6) is 0 Å². The fraction of sp³-hybridized carbons (Fsp3) is 0.278. The number of nitrogens with one attached hydrogen (secondary N) is 1. The lowest BCUT2D eigenvalue weighted by Crippen LogP contribution is -2.39. The van der Waals surface area contributed by atoms with Crippen molar-refractivity contribution in [2.75, 3.05) is 18.4 Å². The Morgan fingerprint density at radius 3 is 2.73 bits per heavy atom. The summed E-state index contributed by atoms with van der Waals surface area (Å²) in [4.78, 5) is 14.5. The van der Waals surface area contributed by atoms with Crippen molar-refractivity contribution in [3.63, 3.8) is 0 Å². The first-order valence-electron chi connectivity index (χ1n) is 7.51. The van der Waals surface area contributed by atoms with E-state index in [0.717, 1.165) is 18.7 Å². The number of fused-ring (bicyclic) bond motifs is 1. The van der Waals surface area contributed by atoms with Gasteiger partial charge in [0.25, 0.3) is 0 Å². The summed E-state index contributed by atoms with van der Waals surface area (Å²) in [6.45, 7) is 3.47. The summed E-state index contributed by atoms with van der Waals surface area (Å²) in [5.74, 6) is 0.00792. The highest BCUT2D eigenvalue weighted by Crippen LogP contribution is 2.28. The Hall–Kier alpha value is -1.84. The van der Waals surface area contributed by atoms with Crippen LogP contribution in [-0.4, -0.2) is 23.9 Å². The first-order chi connectivity index (χ1) is 10.6. The van der Waals surface area contributed by atoms with E-state index in [1.165, 1.54) is 11.1 Å². The van der Waals surface area contributed by atoms with Crippen molar-refractivity contribution in [3.8, 4) is 0 Å². The summed E-state index contributed by atoms with van der Waals surface area (Å²) in [6.07, 6.45) is 0.995. The smallest absolute Gasteiger partial charge is 0.238 e. The second kappa shape index (κ2) is 6.51. The Labute approximate surface area is 135 Å². The van der Waals surface area contributed by atoms with Gasteiger partial charge in [-0.15, -0.1) is 0 Å². The molecule has 1 aliphatic heterocycles. The second-order valence-corrected chi connectivity index (χ2v) is 6.09. The number of hydrogen-bond acceptors (Lipinski definition) is 2. The summed E-state index contributed by atoms with van der Waals surface area (Å²) in [7, 11) is 0. The van der Waals surface area contributed by atoms with Gasteiger partial charge in [-0.1, -0.05) is 35.9 Å². The highest BCUT2D eigenvalue weighted by Gasteiger charge is 2.24. The third-order valence-electron chi connectivity index (χ3n) is 4.20. The van der Waals surface area contributed by atoms with Crippen LogP contribution in [0.25, 0.3) is 0 Å². The van der Waals surface area contributed by atoms with Crippen LogP contribution in [0, 0.1) is 0 Å². The zero-order valence-corrected chi connectivity index (χ0v) is 13.3. The number of benzene rings is 2. The van der Waals surface area contributed by atoms with Gasteiger partial charge in [-0.3, -0.25) is 9.69 Å². The standard InChI is InChI=1S/C18H19ClN2O/c1-13-17-5-3-2-4-14(17)10-11-21(13)12-18(22)20-16-8-6-15(19)7-9-16/h2-9,13H,10-12H2,1H3,(H,20,22). The molecule has 114 valence electrons. The van der Waals surface area contributed by atoms with Gasteiger partial charge < -0.3 is 5.32 Å². The number of amides is 1.